The summed E-state index contributed by atoms with van der Waals surface area (Å²) in [7, 11) is 0. The van der Waals surface area contributed by atoms with Gasteiger partial charge in [-0.15, -0.1) is 0 Å². The minimum atomic E-state index is -0.325. The van der Waals surface area contributed by atoms with Gasteiger partial charge in [0.15, 0.2) is 0 Å². The molecule has 0 atom stereocenters. The number of rotatable bonds is 3. The van der Waals surface area contributed by atoms with E-state index in [1.165, 1.54) is 35.2 Å². The SMILES string of the molecule is N#Cc1cccc(C(=O)N(c2ccc(O)cc2)c2ccc(O)cc2)c1. The van der Waals surface area contributed by atoms with Crippen LogP contribution < -0.4 is 4.90 Å². The van der Waals surface area contributed by atoms with Gasteiger partial charge in [-0.25, -0.2) is 0 Å². The summed E-state index contributed by atoms with van der Waals surface area (Å²) in [5.41, 5.74) is 1.86. The van der Waals surface area contributed by atoms with Gasteiger partial charge < -0.3 is 10.2 Å². The Hall–Kier alpha value is -3.78. The highest BCUT2D eigenvalue weighted by Crippen LogP contribution is 2.30. The van der Waals surface area contributed by atoms with E-state index in [4.69, 9.17) is 5.26 Å². The number of nitrogens with zero attached hydrogens (tertiary/aromatic N) is 2. The summed E-state index contributed by atoms with van der Waals surface area (Å²) in [6, 6.07) is 20.9. The number of aromatic hydroxyl groups is 2. The third-order valence-corrected chi connectivity index (χ3v) is 3.66. The van der Waals surface area contributed by atoms with E-state index < -0.39 is 0 Å². The van der Waals surface area contributed by atoms with Gasteiger partial charge in [0.05, 0.1) is 11.6 Å². The lowest BCUT2D eigenvalue weighted by atomic mass is 10.1. The predicted octanol–water partition coefficient (Wildman–Crippen LogP) is 3.95. The van der Waals surface area contributed by atoms with E-state index in [9.17, 15) is 15.0 Å². The van der Waals surface area contributed by atoms with E-state index in [1.807, 2.05) is 6.07 Å². The molecular weight excluding hydrogens is 316 g/mol. The number of benzene rings is 3. The molecule has 0 fully saturated rings. The summed E-state index contributed by atoms with van der Waals surface area (Å²) in [4.78, 5) is 14.5. The smallest absolute Gasteiger partial charge is 0.262 e. The van der Waals surface area contributed by atoms with Gasteiger partial charge in [-0.2, -0.15) is 5.26 Å². The van der Waals surface area contributed by atoms with Gasteiger partial charge in [0, 0.05) is 16.9 Å². The number of carbonyl (C=O) groups excluding carboxylic acids is 1. The third kappa shape index (κ3) is 3.43. The Kier molecular flexibility index (Phi) is 4.36. The van der Waals surface area contributed by atoms with Crippen LogP contribution in [0.3, 0.4) is 0 Å². The highest BCUT2D eigenvalue weighted by atomic mass is 16.3. The highest BCUT2D eigenvalue weighted by Gasteiger charge is 2.20. The van der Waals surface area contributed by atoms with Gasteiger partial charge in [0.2, 0.25) is 0 Å². The number of hydrogen-bond acceptors (Lipinski definition) is 4. The van der Waals surface area contributed by atoms with Crippen LogP contribution in [-0.4, -0.2) is 16.1 Å². The molecule has 1 amide bonds. The maximum atomic E-state index is 13.1. The molecule has 5 nitrogen and oxygen atoms in total. The van der Waals surface area contributed by atoms with Crippen molar-refractivity contribution in [1.82, 2.24) is 0 Å². The minimum Gasteiger partial charge on any atom is -0.508 e. The number of anilines is 2. The number of hydrogen-bond donors (Lipinski definition) is 2. The zero-order chi connectivity index (χ0) is 17.8. The first-order valence-electron chi connectivity index (χ1n) is 7.51. The van der Waals surface area contributed by atoms with Crippen LogP contribution in [0, 0.1) is 11.3 Å². The Morgan fingerprint density at radius 2 is 1.36 bits per heavy atom. The number of nitriles is 1. The Labute approximate surface area is 144 Å². The fourth-order valence-corrected chi connectivity index (χ4v) is 2.44. The molecule has 3 rings (SSSR count). The van der Waals surface area contributed by atoms with E-state index in [2.05, 4.69) is 0 Å². The molecule has 5 heteroatoms. The molecule has 0 unspecified atom stereocenters. The van der Waals surface area contributed by atoms with Gasteiger partial charge in [-0.1, -0.05) is 6.07 Å². The van der Waals surface area contributed by atoms with Crippen molar-refractivity contribution in [3.8, 4) is 17.6 Å². The molecular formula is C20H14N2O3. The standard InChI is InChI=1S/C20H14N2O3/c21-13-14-2-1-3-15(12-14)20(25)22(16-4-8-18(23)9-5-16)17-6-10-19(24)11-7-17/h1-12,23-24H. The van der Waals surface area contributed by atoms with E-state index >= 15 is 0 Å². The monoisotopic (exact) mass is 330 g/mol. The summed E-state index contributed by atoms with van der Waals surface area (Å²) < 4.78 is 0. The Bertz CT molecular complexity index is 896. The molecule has 25 heavy (non-hydrogen) atoms. The maximum absolute atomic E-state index is 13.1. The van der Waals surface area contributed by atoms with Crippen LogP contribution in [0.25, 0.3) is 0 Å². The lowest BCUT2D eigenvalue weighted by Crippen LogP contribution is -2.25. The van der Waals surface area contributed by atoms with Gasteiger partial charge in [-0.3, -0.25) is 9.69 Å². The molecule has 0 spiro atoms. The van der Waals surface area contributed by atoms with Crippen molar-refractivity contribution in [1.29, 1.82) is 5.26 Å². The molecule has 2 N–H and O–H groups in total. The molecule has 0 aromatic heterocycles. The van der Waals surface area contributed by atoms with Gasteiger partial charge in [-0.05, 0) is 66.7 Å². The van der Waals surface area contributed by atoms with Crippen LogP contribution in [0.2, 0.25) is 0 Å². The topological polar surface area (TPSA) is 84.6 Å². The molecule has 0 saturated carbocycles. The lowest BCUT2D eigenvalue weighted by molar-refractivity contribution is 0.0999. The maximum Gasteiger partial charge on any atom is 0.262 e. The van der Waals surface area contributed by atoms with Crippen molar-refractivity contribution < 1.29 is 15.0 Å². The predicted molar refractivity (Wildman–Crippen MR) is 93.8 cm³/mol. The Morgan fingerprint density at radius 3 is 1.84 bits per heavy atom. The average molecular weight is 330 g/mol. The third-order valence-electron chi connectivity index (χ3n) is 3.66. The molecule has 3 aromatic rings. The second kappa shape index (κ2) is 6.77. The molecule has 3 aromatic carbocycles. The Balaban J connectivity index is 2.09. The van der Waals surface area contributed by atoms with Crippen LogP contribution in [0.4, 0.5) is 11.4 Å². The molecule has 0 radical (unpaired) electrons. The number of phenolic OH excluding ortho intramolecular Hbond substituents is 2. The molecule has 0 aliphatic carbocycles. The quantitative estimate of drug-likeness (QED) is 0.761. The molecule has 0 saturated heterocycles. The van der Waals surface area contributed by atoms with Crippen molar-refractivity contribution in [2.75, 3.05) is 4.90 Å². The van der Waals surface area contributed by atoms with E-state index in [0.29, 0.717) is 22.5 Å². The summed E-state index contributed by atoms with van der Waals surface area (Å²) >= 11 is 0. The first kappa shape index (κ1) is 16.1. The Morgan fingerprint density at radius 1 is 0.840 bits per heavy atom. The van der Waals surface area contributed by atoms with Crippen LogP contribution >= 0.6 is 0 Å². The zero-order valence-electron chi connectivity index (χ0n) is 13.1. The number of amides is 1. The normalized spacial score (nSPS) is 10.0. The van der Waals surface area contributed by atoms with Crippen LogP contribution in [0.1, 0.15) is 15.9 Å². The molecule has 0 bridgehead atoms. The van der Waals surface area contributed by atoms with E-state index in [-0.39, 0.29) is 17.4 Å². The van der Waals surface area contributed by atoms with Crippen LogP contribution in [0.5, 0.6) is 11.5 Å². The fraction of sp³-hybridized carbons (Fsp3) is 0. The fourth-order valence-electron chi connectivity index (χ4n) is 2.44. The largest absolute Gasteiger partial charge is 0.508 e. The minimum absolute atomic E-state index is 0.0910. The van der Waals surface area contributed by atoms with Crippen molar-refractivity contribution >= 4 is 17.3 Å². The second-order valence-electron chi connectivity index (χ2n) is 5.37. The zero-order valence-corrected chi connectivity index (χ0v) is 13.1. The second-order valence-corrected chi connectivity index (χ2v) is 5.37. The van der Waals surface area contributed by atoms with Gasteiger partial charge in [0.1, 0.15) is 11.5 Å². The molecule has 0 heterocycles. The van der Waals surface area contributed by atoms with Gasteiger partial charge >= 0.3 is 0 Å². The van der Waals surface area contributed by atoms with Crippen LogP contribution in [0.15, 0.2) is 72.8 Å². The molecule has 0 aliphatic heterocycles. The van der Waals surface area contributed by atoms with Crippen molar-refractivity contribution in [3.63, 3.8) is 0 Å². The first-order chi connectivity index (χ1) is 12.1. The summed E-state index contributed by atoms with van der Waals surface area (Å²) in [5, 5.41) is 28.0. The molecule has 0 aliphatic rings. The van der Waals surface area contributed by atoms with Crippen LogP contribution in [-0.2, 0) is 0 Å². The van der Waals surface area contributed by atoms with E-state index in [1.54, 1.807) is 42.5 Å². The van der Waals surface area contributed by atoms with Crippen molar-refractivity contribution in [2.24, 2.45) is 0 Å². The lowest BCUT2D eigenvalue weighted by Gasteiger charge is -2.23. The van der Waals surface area contributed by atoms with Gasteiger partial charge in [0.25, 0.3) is 5.91 Å². The molecule has 122 valence electrons. The van der Waals surface area contributed by atoms with Crippen molar-refractivity contribution in [2.45, 2.75) is 0 Å². The number of carbonyl (C=O) groups is 1. The summed E-state index contributed by atoms with van der Waals surface area (Å²) in [6.45, 7) is 0. The summed E-state index contributed by atoms with van der Waals surface area (Å²) in [5.74, 6) is -0.143. The first-order valence-corrected chi connectivity index (χ1v) is 7.51. The highest BCUT2D eigenvalue weighted by molar-refractivity contribution is 6.11. The average Bonchev–Trinajstić information content (AvgIpc) is 2.65. The van der Waals surface area contributed by atoms with E-state index in [0.717, 1.165) is 0 Å². The number of phenols is 2. The summed E-state index contributed by atoms with van der Waals surface area (Å²) in [6.07, 6.45) is 0. The van der Waals surface area contributed by atoms with Crippen molar-refractivity contribution in [3.05, 3.63) is 83.9 Å².